The number of methoxy groups -OCH3 is 1. The SMILES string of the molecule is COc1cc(N)ccc1-c1nc(CCC(F)(F)F)no1. The van der Waals surface area contributed by atoms with E-state index in [-0.39, 0.29) is 18.1 Å². The summed E-state index contributed by atoms with van der Waals surface area (Å²) in [6, 6.07) is 4.78. The fourth-order valence-corrected chi connectivity index (χ4v) is 1.60. The molecule has 5 nitrogen and oxygen atoms in total. The van der Waals surface area contributed by atoms with E-state index < -0.39 is 12.6 Å². The summed E-state index contributed by atoms with van der Waals surface area (Å²) in [5.41, 5.74) is 6.58. The molecule has 2 rings (SSSR count). The largest absolute Gasteiger partial charge is 0.496 e. The van der Waals surface area contributed by atoms with Crippen molar-refractivity contribution >= 4 is 5.69 Å². The monoisotopic (exact) mass is 287 g/mol. The molecule has 0 aliphatic carbocycles. The van der Waals surface area contributed by atoms with Crippen molar-refractivity contribution in [2.24, 2.45) is 0 Å². The molecule has 2 N–H and O–H groups in total. The minimum atomic E-state index is -4.25. The number of benzene rings is 1. The van der Waals surface area contributed by atoms with E-state index in [4.69, 9.17) is 15.0 Å². The lowest BCUT2D eigenvalue weighted by atomic mass is 10.2. The highest BCUT2D eigenvalue weighted by atomic mass is 19.4. The molecule has 2 aromatic rings. The number of alkyl halides is 3. The predicted octanol–water partition coefficient (Wildman–Crippen LogP) is 2.82. The zero-order valence-electron chi connectivity index (χ0n) is 10.6. The summed E-state index contributed by atoms with van der Waals surface area (Å²) in [4.78, 5) is 3.92. The average Bonchev–Trinajstić information content (AvgIpc) is 2.84. The van der Waals surface area contributed by atoms with Gasteiger partial charge in [0, 0.05) is 18.2 Å². The van der Waals surface area contributed by atoms with E-state index in [9.17, 15) is 13.2 Å². The van der Waals surface area contributed by atoms with Gasteiger partial charge in [-0.2, -0.15) is 18.2 Å². The number of nitrogens with two attached hydrogens (primary N) is 1. The maximum Gasteiger partial charge on any atom is 0.389 e. The quantitative estimate of drug-likeness (QED) is 0.875. The van der Waals surface area contributed by atoms with Crippen LogP contribution in [0, 0.1) is 0 Å². The van der Waals surface area contributed by atoms with Crippen molar-refractivity contribution in [3.8, 4) is 17.2 Å². The van der Waals surface area contributed by atoms with E-state index in [0.29, 0.717) is 17.0 Å². The first-order valence-electron chi connectivity index (χ1n) is 5.72. The number of hydrogen-bond donors (Lipinski definition) is 1. The second kappa shape index (κ2) is 5.40. The Labute approximate surface area is 112 Å². The maximum atomic E-state index is 12.1. The summed E-state index contributed by atoms with van der Waals surface area (Å²) < 4.78 is 46.4. The third kappa shape index (κ3) is 3.40. The number of nitrogen functional groups attached to an aromatic ring is 1. The zero-order chi connectivity index (χ0) is 14.8. The van der Waals surface area contributed by atoms with Gasteiger partial charge in [0.2, 0.25) is 0 Å². The average molecular weight is 287 g/mol. The summed E-state index contributed by atoms with van der Waals surface area (Å²) >= 11 is 0. The van der Waals surface area contributed by atoms with Gasteiger partial charge in [-0.25, -0.2) is 0 Å². The summed E-state index contributed by atoms with van der Waals surface area (Å²) in [6.45, 7) is 0. The number of hydrogen-bond acceptors (Lipinski definition) is 5. The van der Waals surface area contributed by atoms with Crippen LogP contribution in [0.2, 0.25) is 0 Å². The molecule has 0 aliphatic rings. The molecule has 1 heterocycles. The van der Waals surface area contributed by atoms with Gasteiger partial charge in [-0.1, -0.05) is 5.16 Å². The lowest BCUT2D eigenvalue weighted by molar-refractivity contribution is -0.134. The van der Waals surface area contributed by atoms with Crippen LogP contribution in [-0.2, 0) is 6.42 Å². The third-order valence-corrected chi connectivity index (χ3v) is 2.56. The molecule has 0 radical (unpaired) electrons. The van der Waals surface area contributed by atoms with Crippen molar-refractivity contribution in [3.05, 3.63) is 24.0 Å². The fraction of sp³-hybridized carbons (Fsp3) is 0.333. The number of halogens is 3. The van der Waals surface area contributed by atoms with Gasteiger partial charge >= 0.3 is 6.18 Å². The van der Waals surface area contributed by atoms with Gasteiger partial charge in [0.1, 0.15) is 5.75 Å². The van der Waals surface area contributed by atoms with Crippen LogP contribution >= 0.6 is 0 Å². The smallest absolute Gasteiger partial charge is 0.389 e. The van der Waals surface area contributed by atoms with Gasteiger partial charge < -0.3 is 15.0 Å². The first kappa shape index (κ1) is 14.2. The van der Waals surface area contributed by atoms with Gasteiger partial charge in [0.05, 0.1) is 19.1 Å². The Hall–Kier alpha value is -2.25. The Balaban J connectivity index is 2.20. The van der Waals surface area contributed by atoms with Crippen LogP contribution in [0.15, 0.2) is 22.7 Å². The van der Waals surface area contributed by atoms with Crippen LogP contribution < -0.4 is 10.5 Å². The van der Waals surface area contributed by atoms with E-state index in [1.165, 1.54) is 7.11 Å². The molecular weight excluding hydrogens is 275 g/mol. The number of anilines is 1. The molecule has 0 unspecified atom stereocenters. The van der Waals surface area contributed by atoms with Gasteiger partial charge in [0.25, 0.3) is 5.89 Å². The normalized spacial score (nSPS) is 11.6. The second-order valence-electron chi connectivity index (χ2n) is 4.09. The van der Waals surface area contributed by atoms with Crippen molar-refractivity contribution in [1.29, 1.82) is 0 Å². The van der Waals surface area contributed by atoms with Crippen molar-refractivity contribution in [2.75, 3.05) is 12.8 Å². The van der Waals surface area contributed by atoms with Crippen molar-refractivity contribution < 1.29 is 22.4 Å². The summed E-state index contributed by atoms with van der Waals surface area (Å²) in [5, 5.41) is 3.52. The molecule has 0 atom stereocenters. The summed E-state index contributed by atoms with van der Waals surface area (Å²) in [7, 11) is 1.44. The van der Waals surface area contributed by atoms with Crippen molar-refractivity contribution in [2.45, 2.75) is 19.0 Å². The molecule has 0 saturated carbocycles. The zero-order valence-corrected chi connectivity index (χ0v) is 10.6. The molecule has 0 spiro atoms. The standard InChI is InChI=1S/C12H12F3N3O2/c1-19-9-6-7(16)2-3-8(9)11-17-10(18-20-11)4-5-12(13,14)15/h2-3,6H,4-5,16H2,1H3. The van der Waals surface area contributed by atoms with Crippen molar-refractivity contribution in [3.63, 3.8) is 0 Å². The number of nitrogens with zero attached hydrogens (tertiary/aromatic N) is 2. The Morgan fingerprint density at radius 3 is 2.75 bits per heavy atom. The van der Waals surface area contributed by atoms with E-state index in [1.807, 2.05) is 0 Å². The molecule has 0 bridgehead atoms. The van der Waals surface area contributed by atoms with Gasteiger partial charge in [-0.05, 0) is 12.1 Å². The van der Waals surface area contributed by atoms with E-state index >= 15 is 0 Å². The van der Waals surface area contributed by atoms with E-state index in [1.54, 1.807) is 18.2 Å². The molecule has 1 aromatic carbocycles. The number of aryl methyl sites for hydroxylation is 1. The molecule has 8 heteroatoms. The Morgan fingerprint density at radius 1 is 1.35 bits per heavy atom. The lowest BCUT2D eigenvalue weighted by Crippen LogP contribution is -2.09. The lowest BCUT2D eigenvalue weighted by Gasteiger charge is -2.05. The molecule has 0 saturated heterocycles. The molecule has 0 amide bonds. The van der Waals surface area contributed by atoms with Crippen LogP contribution in [0.5, 0.6) is 5.75 Å². The highest BCUT2D eigenvalue weighted by molar-refractivity contribution is 5.66. The first-order chi connectivity index (χ1) is 9.39. The molecule has 108 valence electrons. The Kier molecular flexibility index (Phi) is 3.82. The van der Waals surface area contributed by atoms with Crippen LogP contribution in [0.4, 0.5) is 18.9 Å². The topological polar surface area (TPSA) is 74.2 Å². The number of aromatic nitrogens is 2. The van der Waals surface area contributed by atoms with Crippen LogP contribution in [0.25, 0.3) is 11.5 Å². The maximum absolute atomic E-state index is 12.1. The molecule has 1 aromatic heterocycles. The summed E-state index contributed by atoms with van der Waals surface area (Å²) in [5.74, 6) is 0.506. The van der Waals surface area contributed by atoms with Crippen LogP contribution in [-0.4, -0.2) is 23.4 Å². The molecular formula is C12H12F3N3O2. The van der Waals surface area contributed by atoms with Crippen LogP contribution in [0.1, 0.15) is 12.2 Å². The second-order valence-corrected chi connectivity index (χ2v) is 4.09. The van der Waals surface area contributed by atoms with Gasteiger partial charge in [0.15, 0.2) is 5.82 Å². The van der Waals surface area contributed by atoms with E-state index in [2.05, 4.69) is 10.1 Å². The molecule has 20 heavy (non-hydrogen) atoms. The number of ether oxygens (including phenoxy) is 1. The van der Waals surface area contributed by atoms with Crippen LogP contribution in [0.3, 0.4) is 0 Å². The Bertz CT molecular complexity index is 596. The Morgan fingerprint density at radius 2 is 2.10 bits per heavy atom. The molecule has 0 fully saturated rings. The predicted molar refractivity (Wildman–Crippen MR) is 65.1 cm³/mol. The van der Waals surface area contributed by atoms with Gasteiger partial charge in [-0.15, -0.1) is 0 Å². The summed E-state index contributed by atoms with van der Waals surface area (Å²) in [6.07, 6.45) is -5.57. The molecule has 0 aliphatic heterocycles. The highest BCUT2D eigenvalue weighted by Gasteiger charge is 2.27. The van der Waals surface area contributed by atoms with Crippen molar-refractivity contribution in [1.82, 2.24) is 10.1 Å². The number of rotatable bonds is 4. The van der Waals surface area contributed by atoms with Gasteiger partial charge in [-0.3, -0.25) is 0 Å². The highest BCUT2D eigenvalue weighted by Crippen LogP contribution is 2.31. The fourth-order valence-electron chi connectivity index (χ4n) is 1.60. The minimum absolute atomic E-state index is 0.00352. The van der Waals surface area contributed by atoms with E-state index in [0.717, 1.165) is 0 Å². The third-order valence-electron chi connectivity index (χ3n) is 2.56. The minimum Gasteiger partial charge on any atom is -0.496 e. The first-order valence-corrected chi connectivity index (χ1v) is 5.72.